The number of nitrogens with one attached hydrogen (secondary N) is 2. The second-order valence-electron chi connectivity index (χ2n) is 6.08. The van der Waals surface area contributed by atoms with Crippen molar-refractivity contribution in [1.82, 2.24) is 9.78 Å². The first-order valence-corrected chi connectivity index (χ1v) is 8.67. The molecule has 0 amide bonds. The van der Waals surface area contributed by atoms with Gasteiger partial charge in [-0.15, -0.1) is 0 Å². The van der Waals surface area contributed by atoms with Gasteiger partial charge in [-0.25, -0.2) is 0 Å². The number of aryl methyl sites for hydroxylation is 2. The Morgan fingerprint density at radius 3 is 2.36 bits per heavy atom. The monoisotopic (exact) mass is 350 g/mol. The van der Waals surface area contributed by atoms with Gasteiger partial charge in [0.25, 0.3) is 0 Å². The van der Waals surface area contributed by atoms with Gasteiger partial charge in [-0.05, 0) is 56.2 Å². The van der Waals surface area contributed by atoms with E-state index in [1.54, 1.807) is 0 Å². The number of aromatic nitrogens is 2. The largest absolute Gasteiger partial charge is 0.332 e. The van der Waals surface area contributed by atoms with E-state index in [9.17, 15) is 0 Å². The SMILES string of the molecule is Cc1ccccc1Cn1nc(C)c(NC(=S)Nc2ccccc2)c1C. The molecule has 1 aromatic heterocycles. The molecule has 2 N–H and O–H groups in total. The molecule has 1 heterocycles. The normalized spacial score (nSPS) is 10.5. The van der Waals surface area contributed by atoms with Gasteiger partial charge in [0.15, 0.2) is 5.11 Å². The van der Waals surface area contributed by atoms with Gasteiger partial charge in [-0.2, -0.15) is 5.10 Å². The fourth-order valence-electron chi connectivity index (χ4n) is 2.78. The van der Waals surface area contributed by atoms with Crippen LogP contribution in [0.2, 0.25) is 0 Å². The summed E-state index contributed by atoms with van der Waals surface area (Å²) in [6.45, 7) is 6.93. The fourth-order valence-corrected chi connectivity index (χ4v) is 3.00. The number of para-hydroxylation sites is 1. The number of rotatable bonds is 4. The highest BCUT2D eigenvalue weighted by Gasteiger charge is 2.13. The van der Waals surface area contributed by atoms with Gasteiger partial charge in [-0.3, -0.25) is 4.68 Å². The standard InChI is InChI=1S/C20H22N4S/c1-14-9-7-8-10-17(14)13-24-16(3)19(15(2)23-24)22-20(25)21-18-11-5-4-6-12-18/h4-12H,13H2,1-3H3,(H2,21,22,25). The van der Waals surface area contributed by atoms with Crippen LogP contribution in [0.15, 0.2) is 54.6 Å². The number of anilines is 2. The Bertz CT molecular complexity index is 884. The van der Waals surface area contributed by atoms with Gasteiger partial charge in [-0.1, -0.05) is 42.5 Å². The van der Waals surface area contributed by atoms with Crippen molar-refractivity contribution in [2.24, 2.45) is 0 Å². The first-order chi connectivity index (χ1) is 12.0. The van der Waals surface area contributed by atoms with Gasteiger partial charge in [0.1, 0.15) is 0 Å². The molecule has 5 heteroatoms. The lowest BCUT2D eigenvalue weighted by molar-refractivity contribution is 0.657. The van der Waals surface area contributed by atoms with Gasteiger partial charge in [0.05, 0.1) is 23.6 Å². The number of hydrogen-bond donors (Lipinski definition) is 2. The van der Waals surface area contributed by atoms with Crippen LogP contribution >= 0.6 is 12.2 Å². The molecule has 3 aromatic rings. The number of hydrogen-bond acceptors (Lipinski definition) is 2. The average molecular weight is 350 g/mol. The first-order valence-electron chi connectivity index (χ1n) is 8.26. The van der Waals surface area contributed by atoms with Crippen molar-refractivity contribution in [3.63, 3.8) is 0 Å². The Labute approximate surface area is 153 Å². The lowest BCUT2D eigenvalue weighted by Crippen LogP contribution is -2.19. The van der Waals surface area contributed by atoms with E-state index in [1.807, 2.05) is 41.9 Å². The van der Waals surface area contributed by atoms with Crippen LogP contribution in [0, 0.1) is 20.8 Å². The molecule has 4 nitrogen and oxygen atoms in total. The third-order valence-electron chi connectivity index (χ3n) is 4.23. The Hall–Kier alpha value is -2.66. The summed E-state index contributed by atoms with van der Waals surface area (Å²) in [6, 6.07) is 18.3. The highest BCUT2D eigenvalue weighted by molar-refractivity contribution is 7.80. The molecule has 0 saturated carbocycles. The summed E-state index contributed by atoms with van der Waals surface area (Å²) in [6.07, 6.45) is 0. The van der Waals surface area contributed by atoms with Crippen molar-refractivity contribution in [3.05, 3.63) is 77.1 Å². The van der Waals surface area contributed by atoms with Gasteiger partial charge >= 0.3 is 0 Å². The zero-order chi connectivity index (χ0) is 17.8. The van der Waals surface area contributed by atoms with Crippen molar-refractivity contribution in [3.8, 4) is 0 Å². The van der Waals surface area contributed by atoms with E-state index in [2.05, 4.69) is 53.8 Å². The molecule has 25 heavy (non-hydrogen) atoms. The van der Waals surface area contributed by atoms with Crippen LogP contribution < -0.4 is 10.6 Å². The fraction of sp³-hybridized carbons (Fsp3) is 0.200. The predicted octanol–water partition coefficient (Wildman–Crippen LogP) is 4.67. The van der Waals surface area contributed by atoms with Crippen LogP contribution in [0.5, 0.6) is 0 Å². The van der Waals surface area contributed by atoms with E-state index in [-0.39, 0.29) is 0 Å². The second-order valence-corrected chi connectivity index (χ2v) is 6.48. The lowest BCUT2D eigenvalue weighted by Gasteiger charge is -2.11. The van der Waals surface area contributed by atoms with Crippen molar-refractivity contribution in [2.45, 2.75) is 27.3 Å². The van der Waals surface area contributed by atoms with E-state index in [0.29, 0.717) is 5.11 Å². The van der Waals surface area contributed by atoms with Crippen molar-refractivity contribution >= 4 is 28.7 Å². The Morgan fingerprint density at radius 2 is 1.64 bits per heavy atom. The van der Waals surface area contributed by atoms with Crippen LogP contribution in [0.25, 0.3) is 0 Å². The molecule has 2 aromatic carbocycles. The Balaban J connectivity index is 1.76. The Morgan fingerprint density at radius 1 is 0.960 bits per heavy atom. The van der Waals surface area contributed by atoms with Gasteiger partial charge < -0.3 is 10.6 Å². The zero-order valence-electron chi connectivity index (χ0n) is 14.7. The predicted molar refractivity (Wildman–Crippen MR) is 108 cm³/mol. The van der Waals surface area contributed by atoms with E-state index >= 15 is 0 Å². The molecule has 0 aliphatic carbocycles. The third kappa shape index (κ3) is 4.06. The molecular weight excluding hydrogens is 328 g/mol. The summed E-state index contributed by atoms with van der Waals surface area (Å²) >= 11 is 5.44. The van der Waals surface area contributed by atoms with E-state index < -0.39 is 0 Å². The molecule has 0 saturated heterocycles. The molecule has 128 valence electrons. The van der Waals surface area contributed by atoms with E-state index in [0.717, 1.165) is 29.3 Å². The smallest absolute Gasteiger partial charge is 0.175 e. The minimum absolute atomic E-state index is 0.563. The number of benzene rings is 2. The minimum atomic E-state index is 0.563. The van der Waals surface area contributed by atoms with E-state index in [4.69, 9.17) is 12.2 Å². The highest BCUT2D eigenvalue weighted by atomic mass is 32.1. The molecule has 0 aliphatic rings. The minimum Gasteiger partial charge on any atom is -0.332 e. The summed E-state index contributed by atoms with van der Waals surface area (Å²) in [7, 11) is 0. The second kappa shape index (κ2) is 7.49. The molecule has 3 rings (SSSR count). The van der Waals surface area contributed by atoms with Crippen LogP contribution in [0.4, 0.5) is 11.4 Å². The van der Waals surface area contributed by atoms with Crippen LogP contribution in [-0.4, -0.2) is 14.9 Å². The van der Waals surface area contributed by atoms with Crippen molar-refractivity contribution in [2.75, 3.05) is 10.6 Å². The van der Waals surface area contributed by atoms with Crippen molar-refractivity contribution < 1.29 is 0 Å². The topological polar surface area (TPSA) is 41.9 Å². The molecule has 0 fully saturated rings. The van der Waals surface area contributed by atoms with Crippen LogP contribution in [-0.2, 0) is 6.54 Å². The summed E-state index contributed by atoms with van der Waals surface area (Å²) in [5.41, 5.74) is 6.46. The molecular formula is C20H22N4S. The zero-order valence-corrected chi connectivity index (χ0v) is 15.5. The maximum absolute atomic E-state index is 5.44. The quantitative estimate of drug-likeness (QED) is 0.671. The lowest BCUT2D eigenvalue weighted by atomic mass is 10.1. The maximum atomic E-state index is 5.44. The van der Waals surface area contributed by atoms with Crippen LogP contribution in [0.3, 0.4) is 0 Å². The summed E-state index contributed by atoms with van der Waals surface area (Å²) < 4.78 is 2.02. The van der Waals surface area contributed by atoms with Crippen molar-refractivity contribution in [1.29, 1.82) is 0 Å². The molecule has 0 spiro atoms. The highest BCUT2D eigenvalue weighted by Crippen LogP contribution is 2.21. The number of thiocarbonyl (C=S) groups is 1. The molecule has 0 bridgehead atoms. The van der Waals surface area contributed by atoms with Gasteiger partial charge in [0, 0.05) is 5.69 Å². The molecule has 0 atom stereocenters. The molecule has 0 radical (unpaired) electrons. The molecule has 0 unspecified atom stereocenters. The summed E-state index contributed by atoms with van der Waals surface area (Å²) in [4.78, 5) is 0. The van der Waals surface area contributed by atoms with E-state index in [1.165, 1.54) is 11.1 Å². The number of nitrogens with zero attached hydrogens (tertiary/aromatic N) is 2. The third-order valence-corrected chi connectivity index (χ3v) is 4.44. The van der Waals surface area contributed by atoms with Crippen LogP contribution in [0.1, 0.15) is 22.5 Å². The van der Waals surface area contributed by atoms with Gasteiger partial charge in [0.2, 0.25) is 0 Å². The maximum Gasteiger partial charge on any atom is 0.175 e. The average Bonchev–Trinajstić information content (AvgIpc) is 2.85. The summed E-state index contributed by atoms with van der Waals surface area (Å²) in [5, 5.41) is 11.7. The summed E-state index contributed by atoms with van der Waals surface area (Å²) in [5.74, 6) is 0. The first kappa shape index (κ1) is 17.2. The Kier molecular flexibility index (Phi) is 5.14. The molecule has 0 aliphatic heterocycles.